The number of aryl methyl sites for hydroxylation is 1. The molecule has 0 radical (unpaired) electrons. The van der Waals surface area contributed by atoms with Crippen LogP contribution < -0.4 is 0 Å². The van der Waals surface area contributed by atoms with Gasteiger partial charge in [0, 0.05) is 26.8 Å². The zero-order valence-electron chi connectivity index (χ0n) is 12.3. The van der Waals surface area contributed by atoms with Gasteiger partial charge in [-0.3, -0.25) is 4.79 Å². The highest BCUT2D eigenvalue weighted by atomic mass is 32.1. The molecule has 0 aromatic carbocycles. The van der Waals surface area contributed by atoms with E-state index in [4.69, 9.17) is 4.74 Å². The predicted molar refractivity (Wildman–Crippen MR) is 78.0 cm³/mol. The van der Waals surface area contributed by atoms with Gasteiger partial charge in [0.25, 0.3) is 5.91 Å². The number of nitrogens with zero attached hydrogens (tertiary/aromatic N) is 2. The minimum atomic E-state index is -0.0909. The van der Waals surface area contributed by atoms with Gasteiger partial charge in [0.2, 0.25) is 0 Å². The summed E-state index contributed by atoms with van der Waals surface area (Å²) in [5.41, 5.74) is 0.769. The van der Waals surface area contributed by atoms with E-state index in [0.29, 0.717) is 11.4 Å². The van der Waals surface area contributed by atoms with Gasteiger partial charge in [0.15, 0.2) is 0 Å². The number of methoxy groups -OCH3 is 1. The molecule has 20 heavy (non-hydrogen) atoms. The molecule has 1 aliphatic rings. The van der Waals surface area contributed by atoms with Crippen molar-refractivity contribution in [1.82, 2.24) is 9.88 Å². The molecule has 5 nitrogen and oxygen atoms in total. The number of piperidine rings is 1. The number of thiazole rings is 1. The lowest BCUT2D eigenvalue weighted by Crippen LogP contribution is -2.40. The first kappa shape index (κ1) is 15.4. The van der Waals surface area contributed by atoms with Crippen LogP contribution in [0.3, 0.4) is 0 Å². The summed E-state index contributed by atoms with van der Waals surface area (Å²) >= 11 is 1.41. The molecule has 0 aliphatic carbocycles. The molecule has 1 N–H and O–H groups in total. The number of amides is 1. The largest absolute Gasteiger partial charge is 0.396 e. The first-order valence-corrected chi connectivity index (χ1v) is 7.78. The quantitative estimate of drug-likeness (QED) is 0.923. The van der Waals surface area contributed by atoms with Crippen molar-refractivity contribution in [2.24, 2.45) is 5.92 Å². The van der Waals surface area contributed by atoms with Crippen LogP contribution in [0.4, 0.5) is 0 Å². The fourth-order valence-corrected chi connectivity index (χ4v) is 3.50. The third-order valence-electron chi connectivity index (χ3n) is 3.77. The fourth-order valence-electron chi connectivity index (χ4n) is 2.43. The standard InChI is InChI=1S/C14H22N2O3S/c1-9-12(20-13(15-9)10(2)19-3)14(18)16-6-4-5-11(7-16)8-17/h10-11,17H,4-8H2,1-3H3. The second kappa shape index (κ2) is 6.65. The Morgan fingerprint density at radius 3 is 3.05 bits per heavy atom. The summed E-state index contributed by atoms with van der Waals surface area (Å²) in [4.78, 5) is 19.5. The van der Waals surface area contributed by atoms with Crippen LogP contribution in [0.15, 0.2) is 0 Å². The first-order chi connectivity index (χ1) is 9.56. The van der Waals surface area contributed by atoms with Gasteiger partial charge < -0.3 is 14.7 Å². The highest BCUT2D eigenvalue weighted by molar-refractivity contribution is 7.13. The van der Waals surface area contributed by atoms with Crippen molar-refractivity contribution in [2.45, 2.75) is 32.8 Å². The lowest BCUT2D eigenvalue weighted by molar-refractivity contribution is 0.0624. The van der Waals surface area contributed by atoms with Gasteiger partial charge in [-0.25, -0.2) is 4.98 Å². The van der Waals surface area contributed by atoms with Crippen LogP contribution >= 0.6 is 11.3 Å². The van der Waals surface area contributed by atoms with Crippen LogP contribution in [0.1, 0.15) is 46.2 Å². The lowest BCUT2D eigenvalue weighted by atomic mass is 9.99. The molecule has 0 saturated carbocycles. The number of carbonyl (C=O) groups excluding carboxylic acids is 1. The van der Waals surface area contributed by atoms with Crippen LogP contribution in [0.5, 0.6) is 0 Å². The average Bonchev–Trinajstić information content (AvgIpc) is 2.87. The van der Waals surface area contributed by atoms with Crippen molar-refractivity contribution in [3.8, 4) is 0 Å². The summed E-state index contributed by atoms with van der Waals surface area (Å²) in [5.74, 6) is 0.242. The fraction of sp³-hybridized carbons (Fsp3) is 0.714. The molecule has 0 spiro atoms. The van der Waals surface area contributed by atoms with Crippen molar-refractivity contribution < 1.29 is 14.6 Å². The van der Waals surface area contributed by atoms with E-state index in [1.165, 1.54) is 11.3 Å². The highest BCUT2D eigenvalue weighted by Gasteiger charge is 2.27. The van der Waals surface area contributed by atoms with Gasteiger partial charge >= 0.3 is 0 Å². The van der Waals surface area contributed by atoms with Gasteiger partial charge in [-0.2, -0.15) is 0 Å². The molecule has 6 heteroatoms. The molecule has 1 aromatic heterocycles. The van der Waals surface area contributed by atoms with Crippen LogP contribution in [0.2, 0.25) is 0 Å². The molecule has 1 fully saturated rings. The van der Waals surface area contributed by atoms with E-state index in [2.05, 4.69) is 4.98 Å². The Morgan fingerprint density at radius 1 is 1.65 bits per heavy atom. The Bertz CT molecular complexity index is 475. The first-order valence-electron chi connectivity index (χ1n) is 6.97. The van der Waals surface area contributed by atoms with Crippen molar-refractivity contribution in [1.29, 1.82) is 0 Å². The zero-order valence-corrected chi connectivity index (χ0v) is 13.1. The van der Waals surface area contributed by atoms with Crippen molar-refractivity contribution in [2.75, 3.05) is 26.8 Å². The number of hydrogen-bond donors (Lipinski definition) is 1. The minimum absolute atomic E-state index is 0.0349. The summed E-state index contributed by atoms with van der Waals surface area (Å²) in [7, 11) is 1.64. The van der Waals surface area contributed by atoms with E-state index in [1.54, 1.807) is 7.11 Å². The Balaban J connectivity index is 2.14. The Morgan fingerprint density at radius 2 is 2.40 bits per heavy atom. The van der Waals surface area contributed by atoms with E-state index in [9.17, 15) is 9.90 Å². The van der Waals surface area contributed by atoms with Crippen LogP contribution in [0.25, 0.3) is 0 Å². The Hall–Kier alpha value is -0.980. The van der Waals surface area contributed by atoms with Crippen molar-refractivity contribution in [3.63, 3.8) is 0 Å². The minimum Gasteiger partial charge on any atom is -0.396 e. The topological polar surface area (TPSA) is 62.7 Å². The SMILES string of the molecule is COC(C)c1nc(C)c(C(=O)N2CCCC(CO)C2)s1. The molecule has 0 bridgehead atoms. The molecule has 1 saturated heterocycles. The van der Waals surface area contributed by atoms with E-state index < -0.39 is 0 Å². The van der Waals surface area contributed by atoms with Gasteiger partial charge in [-0.1, -0.05) is 0 Å². The second-order valence-corrected chi connectivity index (χ2v) is 6.32. The maximum atomic E-state index is 12.6. The van der Waals surface area contributed by atoms with Gasteiger partial charge in [0.1, 0.15) is 16.0 Å². The molecule has 2 rings (SSSR count). The predicted octanol–water partition coefficient (Wildman–Crippen LogP) is 2.00. The van der Waals surface area contributed by atoms with Crippen LogP contribution in [-0.2, 0) is 4.74 Å². The molecule has 2 atom stereocenters. The smallest absolute Gasteiger partial charge is 0.265 e. The lowest BCUT2D eigenvalue weighted by Gasteiger charge is -2.31. The number of ether oxygens (including phenoxy) is 1. The average molecular weight is 298 g/mol. The molecule has 112 valence electrons. The molecule has 1 aromatic rings. The Kier molecular flexibility index (Phi) is 5.12. The summed E-state index contributed by atoms with van der Waals surface area (Å²) < 4.78 is 5.25. The zero-order chi connectivity index (χ0) is 14.7. The second-order valence-electron chi connectivity index (χ2n) is 5.29. The monoisotopic (exact) mass is 298 g/mol. The van der Waals surface area contributed by atoms with Crippen molar-refractivity contribution in [3.05, 3.63) is 15.6 Å². The molecule has 2 unspecified atom stereocenters. The van der Waals surface area contributed by atoms with Crippen molar-refractivity contribution >= 4 is 17.2 Å². The molecular weight excluding hydrogens is 276 g/mol. The van der Waals surface area contributed by atoms with Gasteiger partial charge in [0.05, 0.1) is 5.69 Å². The summed E-state index contributed by atoms with van der Waals surface area (Å²) in [5, 5.41) is 10.1. The maximum absolute atomic E-state index is 12.6. The third kappa shape index (κ3) is 3.19. The summed E-state index contributed by atoms with van der Waals surface area (Å²) in [6.45, 7) is 5.35. The summed E-state index contributed by atoms with van der Waals surface area (Å²) in [6, 6.07) is 0. The van der Waals surface area contributed by atoms with Crippen LogP contribution in [-0.4, -0.2) is 47.7 Å². The van der Waals surface area contributed by atoms with E-state index in [-0.39, 0.29) is 24.5 Å². The number of hydrogen-bond acceptors (Lipinski definition) is 5. The number of likely N-dealkylation sites (tertiary alicyclic amines) is 1. The summed E-state index contributed by atoms with van der Waals surface area (Å²) in [6.07, 6.45) is 1.86. The van der Waals surface area contributed by atoms with E-state index in [1.807, 2.05) is 18.7 Å². The number of carbonyl (C=O) groups is 1. The number of aliphatic hydroxyl groups excluding tert-OH is 1. The number of aliphatic hydroxyl groups is 1. The van der Waals surface area contributed by atoms with Gasteiger partial charge in [-0.05, 0) is 32.6 Å². The van der Waals surface area contributed by atoms with E-state index in [0.717, 1.165) is 30.1 Å². The Labute approximate surface area is 123 Å². The molecule has 1 amide bonds. The molecular formula is C14H22N2O3S. The third-order valence-corrected chi connectivity index (χ3v) is 5.08. The number of aromatic nitrogens is 1. The highest BCUT2D eigenvalue weighted by Crippen LogP contribution is 2.27. The van der Waals surface area contributed by atoms with Crippen LogP contribution in [0, 0.1) is 12.8 Å². The van der Waals surface area contributed by atoms with E-state index >= 15 is 0 Å². The molecule has 2 heterocycles. The van der Waals surface area contributed by atoms with Gasteiger partial charge in [-0.15, -0.1) is 11.3 Å². The maximum Gasteiger partial charge on any atom is 0.265 e. The molecule has 1 aliphatic heterocycles. The normalized spacial score (nSPS) is 21.0. The number of rotatable bonds is 4.